The largest absolute Gasteiger partial charge is 0.497 e. The summed E-state index contributed by atoms with van der Waals surface area (Å²) in [5.74, 6) is -0.796. The Hall–Kier alpha value is -2.91. The van der Waals surface area contributed by atoms with Crippen molar-refractivity contribution in [2.45, 2.75) is 36.6 Å². The number of benzene rings is 2. The second-order valence-corrected chi connectivity index (χ2v) is 9.37. The van der Waals surface area contributed by atoms with E-state index in [0.717, 1.165) is 18.4 Å². The van der Waals surface area contributed by atoms with Crippen molar-refractivity contribution in [1.29, 1.82) is 0 Å². The molecule has 0 N–H and O–H groups in total. The molecule has 32 heavy (non-hydrogen) atoms. The van der Waals surface area contributed by atoms with Gasteiger partial charge in [-0.1, -0.05) is 25.0 Å². The van der Waals surface area contributed by atoms with Crippen LogP contribution >= 0.6 is 0 Å². The molecule has 172 valence electrons. The molecular formula is C23H27NO7S. The molecular weight excluding hydrogens is 434 g/mol. The fourth-order valence-electron chi connectivity index (χ4n) is 3.88. The molecule has 1 fully saturated rings. The third-order valence-electron chi connectivity index (χ3n) is 5.56. The van der Waals surface area contributed by atoms with Crippen LogP contribution in [0.2, 0.25) is 0 Å². The highest BCUT2D eigenvalue weighted by molar-refractivity contribution is 7.89. The molecule has 2 aromatic rings. The molecule has 0 amide bonds. The number of carbonyl (C=O) groups is 2. The maximum atomic E-state index is 13.8. The number of rotatable bonds is 6. The van der Waals surface area contributed by atoms with E-state index >= 15 is 0 Å². The van der Waals surface area contributed by atoms with Gasteiger partial charge < -0.3 is 14.2 Å². The lowest BCUT2D eigenvalue weighted by atomic mass is 10.0. The van der Waals surface area contributed by atoms with Crippen LogP contribution in [0.4, 0.5) is 0 Å². The minimum atomic E-state index is -4.04. The topological polar surface area (TPSA) is 99.2 Å². The Morgan fingerprint density at radius 2 is 1.47 bits per heavy atom. The van der Waals surface area contributed by atoms with Crippen molar-refractivity contribution in [3.63, 3.8) is 0 Å². The predicted octanol–water partition coefficient (Wildman–Crippen LogP) is 3.57. The molecule has 1 atom stereocenters. The summed E-state index contributed by atoms with van der Waals surface area (Å²) in [5, 5.41) is 0. The van der Waals surface area contributed by atoms with Crippen molar-refractivity contribution in [2.24, 2.45) is 0 Å². The second kappa shape index (κ2) is 10.1. The van der Waals surface area contributed by atoms with Crippen LogP contribution in [-0.4, -0.2) is 52.5 Å². The molecule has 1 aliphatic rings. The maximum Gasteiger partial charge on any atom is 0.337 e. The van der Waals surface area contributed by atoms with Crippen molar-refractivity contribution in [3.8, 4) is 5.75 Å². The van der Waals surface area contributed by atoms with Gasteiger partial charge in [0.15, 0.2) is 0 Å². The van der Waals surface area contributed by atoms with Gasteiger partial charge in [-0.05, 0) is 48.7 Å². The van der Waals surface area contributed by atoms with Gasteiger partial charge in [0.05, 0.1) is 43.4 Å². The zero-order chi connectivity index (χ0) is 23.3. The van der Waals surface area contributed by atoms with Gasteiger partial charge in [-0.15, -0.1) is 0 Å². The van der Waals surface area contributed by atoms with E-state index in [-0.39, 0.29) is 22.1 Å². The minimum Gasteiger partial charge on any atom is -0.497 e. The molecule has 0 saturated carbocycles. The van der Waals surface area contributed by atoms with Crippen molar-refractivity contribution in [2.75, 3.05) is 27.9 Å². The molecule has 0 bridgehead atoms. The van der Waals surface area contributed by atoms with Crippen molar-refractivity contribution >= 4 is 22.0 Å². The van der Waals surface area contributed by atoms with E-state index in [1.165, 1.54) is 36.7 Å². The Labute approximate surface area is 188 Å². The molecule has 9 heteroatoms. The first-order chi connectivity index (χ1) is 15.3. The number of ether oxygens (including phenoxy) is 3. The number of methoxy groups -OCH3 is 3. The highest BCUT2D eigenvalue weighted by Gasteiger charge is 2.34. The number of hydrogen-bond acceptors (Lipinski definition) is 7. The summed E-state index contributed by atoms with van der Waals surface area (Å²) in [6, 6.07) is 10.7. The van der Waals surface area contributed by atoms with Crippen LogP contribution in [-0.2, 0) is 19.5 Å². The summed E-state index contributed by atoms with van der Waals surface area (Å²) in [6.45, 7) is 0.328. The Bertz CT molecular complexity index is 1050. The lowest BCUT2D eigenvalue weighted by Gasteiger charge is -2.30. The number of esters is 2. The normalized spacial score (nSPS) is 17.3. The van der Waals surface area contributed by atoms with E-state index in [1.54, 1.807) is 19.2 Å². The standard InChI is InChI=1S/C23H27NO7S/c1-29-19-10-8-16(9-11-19)21-7-5-4-6-12-24(21)32(27,28)20-14-17(22(25)30-2)13-18(15-20)23(26)31-3/h8-11,13-15,21H,4-7,12H2,1-3H3/t21-/m0/s1. The Kier molecular flexibility index (Phi) is 7.52. The average molecular weight is 462 g/mol. The average Bonchev–Trinajstić information content (AvgIpc) is 3.09. The highest BCUT2D eigenvalue weighted by Crippen LogP contribution is 2.35. The van der Waals surface area contributed by atoms with Gasteiger partial charge in [-0.25, -0.2) is 18.0 Å². The Morgan fingerprint density at radius 1 is 0.875 bits per heavy atom. The zero-order valence-corrected chi connectivity index (χ0v) is 19.2. The van der Waals surface area contributed by atoms with Crippen LogP contribution in [0, 0.1) is 0 Å². The molecule has 1 saturated heterocycles. The van der Waals surface area contributed by atoms with Crippen molar-refractivity contribution < 1.29 is 32.2 Å². The third kappa shape index (κ3) is 4.94. The summed E-state index contributed by atoms with van der Waals surface area (Å²) >= 11 is 0. The van der Waals surface area contributed by atoms with Gasteiger partial charge in [-0.2, -0.15) is 4.31 Å². The van der Waals surface area contributed by atoms with Gasteiger partial charge >= 0.3 is 11.9 Å². The van der Waals surface area contributed by atoms with Crippen molar-refractivity contribution in [3.05, 3.63) is 59.2 Å². The van der Waals surface area contributed by atoms with E-state index in [9.17, 15) is 18.0 Å². The van der Waals surface area contributed by atoms with Crippen LogP contribution < -0.4 is 4.74 Å². The smallest absolute Gasteiger partial charge is 0.337 e. The quantitative estimate of drug-likeness (QED) is 0.606. The predicted molar refractivity (Wildman–Crippen MR) is 117 cm³/mol. The lowest BCUT2D eigenvalue weighted by Crippen LogP contribution is -2.35. The summed E-state index contributed by atoms with van der Waals surface area (Å²) in [5.41, 5.74) is 0.781. The molecule has 0 unspecified atom stereocenters. The van der Waals surface area contributed by atoms with Crippen molar-refractivity contribution in [1.82, 2.24) is 4.31 Å². The van der Waals surface area contributed by atoms with Crippen LogP contribution in [0.3, 0.4) is 0 Å². The van der Waals surface area contributed by atoms with Crippen LogP contribution in [0.25, 0.3) is 0 Å². The second-order valence-electron chi connectivity index (χ2n) is 7.48. The maximum absolute atomic E-state index is 13.8. The van der Waals surface area contributed by atoms with Gasteiger partial charge in [0.2, 0.25) is 10.0 Å². The number of sulfonamides is 1. The highest BCUT2D eigenvalue weighted by atomic mass is 32.2. The first-order valence-electron chi connectivity index (χ1n) is 10.3. The minimum absolute atomic E-state index is 0.0372. The first-order valence-corrected chi connectivity index (χ1v) is 11.7. The Morgan fingerprint density at radius 3 is 2.00 bits per heavy atom. The molecule has 1 heterocycles. The molecule has 0 radical (unpaired) electrons. The third-order valence-corrected chi connectivity index (χ3v) is 7.45. The monoisotopic (exact) mass is 461 g/mol. The van der Waals surface area contributed by atoms with Gasteiger partial charge in [0.1, 0.15) is 5.75 Å². The van der Waals surface area contributed by atoms with Crippen LogP contribution in [0.1, 0.15) is 58.0 Å². The summed E-state index contributed by atoms with van der Waals surface area (Å²) < 4.78 is 43.7. The van der Waals surface area contributed by atoms with Crippen LogP contribution in [0.15, 0.2) is 47.4 Å². The van der Waals surface area contributed by atoms with E-state index in [1.807, 2.05) is 12.1 Å². The summed E-state index contributed by atoms with van der Waals surface area (Å²) in [6.07, 6.45) is 3.17. The van der Waals surface area contributed by atoms with E-state index in [4.69, 9.17) is 14.2 Å². The van der Waals surface area contributed by atoms with Gasteiger partial charge in [0, 0.05) is 6.54 Å². The van der Waals surface area contributed by atoms with Crippen LogP contribution in [0.5, 0.6) is 5.75 Å². The molecule has 3 rings (SSSR count). The van der Waals surface area contributed by atoms with E-state index < -0.39 is 22.0 Å². The zero-order valence-electron chi connectivity index (χ0n) is 18.4. The summed E-state index contributed by atoms with van der Waals surface area (Å²) in [4.78, 5) is 24.1. The molecule has 1 aliphatic heterocycles. The molecule has 0 spiro atoms. The molecule has 8 nitrogen and oxygen atoms in total. The van der Waals surface area contributed by atoms with Gasteiger partial charge in [0.25, 0.3) is 0 Å². The molecule has 2 aromatic carbocycles. The first kappa shape index (κ1) is 23.7. The fourth-order valence-corrected chi connectivity index (χ4v) is 5.64. The van der Waals surface area contributed by atoms with Gasteiger partial charge in [-0.3, -0.25) is 0 Å². The van der Waals surface area contributed by atoms with E-state index in [0.29, 0.717) is 25.1 Å². The number of nitrogens with zero attached hydrogens (tertiary/aromatic N) is 1. The molecule has 0 aliphatic carbocycles. The SMILES string of the molecule is COC(=O)c1cc(C(=O)OC)cc(S(=O)(=O)N2CCCCC[C@H]2c2ccc(OC)cc2)c1. The number of carbonyl (C=O) groups excluding carboxylic acids is 2. The lowest BCUT2D eigenvalue weighted by molar-refractivity contribution is 0.0598. The fraction of sp³-hybridized carbons (Fsp3) is 0.391. The van der Waals surface area contributed by atoms with E-state index in [2.05, 4.69) is 0 Å². The number of hydrogen-bond donors (Lipinski definition) is 0. The molecule has 0 aromatic heterocycles. The summed E-state index contributed by atoms with van der Waals surface area (Å²) in [7, 11) is -0.0857. The Balaban J connectivity index is 2.10.